The van der Waals surface area contributed by atoms with Gasteiger partial charge in [-0.25, -0.2) is 4.79 Å². The lowest BCUT2D eigenvalue weighted by Crippen LogP contribution is -2.33. The maximum absolute atomic E-state index is 12.2. The van der Waals surface area contributed by atoms with E-state index in [1.165, 1.54) is 13.5 Å². The molecule has 1 saturated heterocycles. The van der Waals surface area contributed by atoms with Crippen LogP contribution in [0.2, 0.25) is 0 Å². The highest BCUT2D eigenvalue weighted by Gasteiger charge is 2.28. The van der Waals surface area contributed by atoms with Crippen molar-refractivity contribution in [3.05, 3.63) is 47.5 Å². The second-order valence-electron chi connectivity index (χ2n) is 7.27. The van der Waals surface area contributed by atoms with Gasteiger partial charge in [0.25, 0.3) is 0 Å². The fourth-order valence-electron chi connectivity index (χ4n) is 3.45. The summed E-state index contributed by atoms with van der Waals surface area (Å²) in [5, 5.41) is 0. The Hall–Kier alpha value is -2.43. The first-order valence-corrected chi connectivity index (χ1v) is 10.2. The molecule has 2 rings (SSSR count). The quantitative estimate of drug-likeness (QED) is 0.327. The van der Waals surface area contributed by atoms with Crippen LogP contribution >= 0.6 is 0 Å². The molecule has 0 aromatic heterocycles. The molecule has 0 aliphatic carbocycles. The van der Waals surface area contributed by atoms with Gasteiger partial charge in [0.15, 0.2) is 5.78 Å². The summed E-state index contributed by atoms with van der Waals surface area (Å²) in [5.41, 5.74) is 1.57. The van der Waals surface area contributed by atoms with E-state index in [1.54, 1.807) is 18.2 Å². The largest absolute Gasteiger partial charge is 0.465 e. The molecule has 0 unspecified atom stereocenters. The van der Waals surface area contributed by atoms with E-state index < -0.39 is 0 Å². The third-order valence-corrected chi connectivity index (χ3v) is 5.17. The van der Waals surface area contributed by atoms with Gasteiger partial charge in [-0.3, -0.25) is 9.59 Å². The number of unbranched alkanes of at least 4 members (excludes halogenated alkanes) is 3. The lowest BCUT2D eigenvalue weighted by molar-refractivity contribution is -0.128. The molecule has 1 aliphatic rings. The van der Waals surface area contributed by atoms with Crippen LogP contribution in [0.3, 0.4) is 0 Å². The fourth-order valence-corrected chi connectivity index (χ4v) is 3.45. The lowest BCUT2D eigenvalue weighted by atomic mass is 10.1. The zero-order valence-electron chi connectivity index (χ0n) is 17.0. The van der Waals surface area contributed by atoms with Gasteiger partial charge in [0.2, 0.25) is 5.91 Å². The molecule has 0 spiro atoms. The molecule has 0 N–H and O–H groups in total. The molecule has 5 heteroatoms. The van der Waals surface area contributed by atoms with Crippen LogP contribution in [0.4, 0.5) is 0 Å². The Labute approximate surface area is 167 Å². The number of likely N-dealkylation sites (tertiary alicyclic amines) is 1. The Morgan fingerprint density at radius 2 is 1.93 bits per heavy atom. The number of esters is 1. The summed E-state index contributed by atoms with van der Waals surface area (Å²) >= 11 is 0. The van der Waals surface area contributed by atoms with E-state index in [0.29, 0.717) is 31.4 Å². The van der Waals surface area contributed by atoms with E-state index in [2.05, 4.69) is 6.92 Å². The molecule has 0 bridgehead atoms. The van der Waals surface area contributed by atoms with Crippen LogP contribution in [0.1, 0.15) is 67.8 Å². The molecule has 1 aromatic rings. The highest BCUT2D eigenvalue weighted by atomic mass is 16.5. The first-order chi connectivity index (χ1) is 13.5. The number of amides is 1. The van der Waals surface area contributed by atoms with Crippen LogP contribution < -0.4 is 0 Å². The van der Waals surface area contributed by atoms with Gasteiger partial charge in [0, 0.05) is 19.4 Å². The molecular weight excluding hydrogens is 354 g/mol. The van der Waals surface area contributed by atoms with E-state index in [4.69, 9.17) is 4.74 Å². The predicted molar refractivity (Wildman–Crippen MR) is 109 cm³/mol. The van der Waals surface area contributed by atoms with Crippen LogP contribution in [0.5, 0.6) is 0 Å². The van der Waals surface area contributed by atoms with Crippen LogP contribution in [0, 0.1) is 0 Å². The van der Waals surface area contributed by atoms with Crippen LogP contribution in [-0.2, 0) is 20.7 Å². The average molecular weight is 386 g/mol. The molecule has 1 aromatic carbocycles. The van der Waals surface area contributed by atoms with Crippen molar-refractivity contribution in [1.29, 1.82) is 0 Å². The van der Waals surface area contributed by atoms with E-state index in [-0.39, 0.29) is 23.7 Å². The van der Waals surface area contributed by atoms with Crippen molar-refractivity contribution in [3.63, 3.8) is 0 Å². The third-order valence-electron chi connectivity index (χ3n) is 5.17. The summed E-state index contributed by atoms with van der Waals surface area (Å²) < 4.78 is 4.70. The zero-order valence-corrected chi connectivity index (χ0v) is 17.0. The summed E-state index contributed by atoms with van der Waals surface area (Å²) in [4.78, 5) is 37.6. The summed E-state index contributed by atoms with van der Waals surface area (Å²) in [6, 6.07) is 7.25. The van der Waals surface area contributed by atoms with Gasteiger partial charge in [0.1, 0.15) is 0 Å². The van der Waals surface area contributed by atoms with Crippen molar-refractivity contribution in [2.24, 2.45) is 0 Å². The summed E-state index contributed by atoms with van der Waals surface area (Å²) in [6.07, 6.45) is 10.5. The number of hydrogen-bond acceptors (Lipinski definition) is 4. The van der Waals surface area contributed by atoms with Crippen LogP contribution in [0.25, 0.3) is 0 Å². The topological polar surface area (TPSA) is 63.7 Å². The minimum atomic E-state index is -0.356. The Morgan fingerprint density at radius 3 is 2.61 bits per heavy atom. The molecule has 1 fully saturated rings. The van der Waals surface area contributed by atoms with Crippen LogP contribution in [-0.4, -0.2) is 42.3 Å². The number of methoxy groups -OCH3 is 1. The third kappa shape index (κ3) is 6.63. The SMILES string of the molecule is CCCCCCC(=O)C=C[C@H]1CCC(=O)N1CCc1ccc(C(=O)OC)cc1. The molecule has 1 amide bonds. The number of benzene rings is 1. The van der Waals surface area contributed by atoms with Gasteiger partial charge >= 0.3 is 5.97 Å². The number of carbonyl (C=O) groups is 3. The van der Waals surface area contributed by atoms with E-state index in [1.807, 2.05) is 23.1 Å². The second-order valence-corrected chi connectivity index (χ2v) is 7.27. The Kier molecular flexibility index (Phi) is 8.92. The maximum atomic E-state index is 12.2. The molecule has 1 aliphatic heterocycles. The number of ketones is 1. The number of carbonyl (C=O) groups excluding carboxylic acids is 3. The van der Waals surface area contributed by atoms with Crippen LogP contribution in [0.15, 0.2) is 36.4 Å². The molecule has 0 saturated carbocycles. The van der Waals surface area contributed by atoms with Gasteiger partial charge in [-0.2, -0.15) is 0 Å². The molecule has 5 nitrogen and oxygen atoms in total. The van der Waals surface area contributed by atoms with Gasteiger partial charge in [0.05, 0.1) is 18.7 Å². The van der Waals surface area contributed by atoms with Gasteiger partial charge < -0.3 is 9.64 Å². The number of hydrogen-bond donors (Lipinski definition) is 0. The predicted octanol–water partition coefficient (Wildman–Crippen LogP) is 4.10. The van der Waals surface area contributed by atoms with Crippen molar-refractivity contribution in [2.45, 2.75) is 64.3 Å². The Bertz CT molecular complexity index is 693. The van der Waals surface area contributed by atoms with Crippen molar-refractivity contribution in [1.82, 2.24) is 4.90 Å². The number of ether oxygens (including phenoxy) is 1. The minimum absolute atomic E-state index is 0.00133. The van der Waals surface area contributed by atoms with Gasteiger partial charge in [-0.15, -0.1) is 0 Å². The maximum Gasteiger partial charge on any atom is 0.337 e. The zero-order chi connectivity index (χ0) is 20.4. The average Bonchev–Trinajstić information content (AvgIpc) is 3.07. The summed E-state index contributed by atoms with van der Waals surface area (Å²) in [6.45, 7) is 2.76. The summed E-state index contributed by atoms with van der Waals surface area (Å²) in [5.74, 6) is -0.0733. The number of rotatable bonds is 11. The molecule has 1 atom stereocenters. The Balaban J connectivity index is 1.85. The summed E-state index contributed by atoms with van der Waals surface area (Å²) in [7, 11) is 1.36. The molecular formula is C23H31NO4. The van der Waals surface area contributed by atoms with Crippen molar-refractivity contribution >= 4 is 17.7 Å². The van der Waals surface area contributed by atoms with Gasteiger partial charge in [-0.1, -0.05) is 44.4 Å². The standard InChI is InChI=1S/C23H31NO4/c1-3-4-5-6-7-21(25)14-12-20-13-15-22(26)24(20)17-16-18-8-10-19(11-9-18)23(27)28-2/h8-12,14,20H,3-7,13,15-17H2,1-2H3/t20-/m0/s1. The van der Waals surface area contributed by atoms with E-state index in [9.17, 15) is 14.4 Å². The smallest absolute Gasteiger partial charge is 0.337 e. The fraction of sp³-hybridized carbons (Fsp3) is 0.522. The van der Waals surface area contributed by atoms with Crippen molar-refractivity contribution < 1.29 is 19.1 Å². The van der Waals surface area contributed by atoms with E-state index in [0.717, 1.165) is 31.2 Å². The highest BCUT2D eigenvalue weighted by Crippen LogP contribution is 2.21. The monoisotopic (exact) mass is 385 g/mol. The van der Waals surface area contributed by atoms with Gasteiger partial charge in [-0.05, 0) is 43.0 Å². The highest BCUT2D eigenvalue weighted by molar-refractivity contribution is 5.90. The number of allylic oxidation sites excluding steroid dienone is 1. The molecule has 0 radical (unpaired) electrons. The lowest BCUT2D eigenvalue weighted by Gasteiger charge is -2.22. The second kappa shape index (κ2) is 11.4. The van der Waals surface area contributed by atoms with E-state index >= 15 is 0 Å². The first-order valence-electron chi connectivity index (χ1n) is 10.2. The number of nitrogens with zero attached hydrogens (tertiary/aromatic N) is 1. The van der Waals surface area contributed by atoms with Crippen molar-refractivity contribution in [3.8, 4) is 0 Å². The molecule has 28 heavy (non-hydrogen) atoms. The first kappa shape index (κ1) is 21.9. The molecule has 152 valence electrons. The Morgan fingerprint density at radius 1 is 1.18 bits per heavy atom. The minimum Gasteiger partial charge on any atom is -0.465 e. The molecule has 1 heterocycles. The normalized spacial score (nSPS) is 16.7. The van der Waals surface area contributed by atoms with Crippen molar-refractivity contribution in [2.75, 3.05) is 13.7 Å².